The van der Waals surface area contributed by atoms with Gasteiger partial charge in [-0.25, -0.2) is 4.98 Å². The Morgan fingerprint density at radius 2 is 2.15 bits per heavy atom. The molecule has 0 bridgehead atoms. The van der Waals surface area contributed by atoms with Gasteiger partial charge in [0, 0.05) is 10.8 Å². The van der Waals surface area contributed by atoms with Crippen LogP contribution in [-0.2, 0) is 14.0 Å². The summed E-state index contributed by atoms with van der Waals surface area (Å²) < 4.78 is 13.7. The maximum Gasteiger partial charge on any atom is 0.280 e. The van der Waals surface area contributed by atoms with E-state index in [1.54, 1.807) is 13.8 Å². The number of nitrogens with zero attached hydrogens (tertiary/aromatic N) is 6. The molecule has 1 aliphatic heterocycles. The first-order chi connectivity index (χ1) is 15.8. The van der Waals surface area contributed by atoms with Crippen molar-refractivity contribution in [2.24, 2.45) is 11.0 Å². The quantitative estimate of drug-likeness (QED) is 0.230. The van der Waals surface area contributed by atoms with Crippen LogP contribution in [-0.4, -0.2) is 63.7 Å². The molecule has 0 aliphatic carbocycles. The first-order valence-corrected chi connectivity index (χ1v) is 14.0. The molecule has 3 heterocycles. The number of aliphatic hydroxyl groups is 1. The molecule has 34 heavy (non-hydrogen) atoms. The molecule has 2 aromatic heterocycles. The normalized spacial score (nSPS) is 23.3. The van der Waals surface area contributed by atoms with Crippen LogP contribution >= 0.6 is 0 Å². The predicted molar refractivity (Wildman–Crippen MR) is 128 cm³/mol. The summed E-state index contributed by atoms with van der Waals surface area (Å²) in [6, 6.07) is -0.917. The molecule has 2 aromatic rings. The molecule has 0 spiro atoms. The molecule has 0 aromatic carbocycles. The average molecular weight is 493 g/mol. The smallest absolute Gasteiger partial charge is 0.280 e. The number of nitrogens with one attached hydrogen (secondary N) is 2. The van der Waals surface area contributed by atoms with Crippen molar-refractivity contribution in [2.75, 3.05) is 11.9 Å². The number of hydrogen-bond acceptors (Lipinski definition) is 8. The van der Waals surface area contributed by atoms with E-state index in [2.05, 4.69) is 64.2 Å². The van der Waals surface area contributed by atoms with E-state index in [0.717, 1.165) is 0 Å². The van der Waals surface area contributed by atoms with Gasteiger partial charge in [-0.2, -0.15) is 4.98 Å². The standard InChI is InChI=1S/C20H32N8O5Si/c1-10(2)16(30)24-19-23-15-13(17(31)25-19)22-9-28(15)18-14(29)12(26-27-21)11(33-18)8-32-34(6,7)20(3,4)5/h9-12,14,18,29H,8H2,1-7H3,(H2,23,24,25,30,31)/t11-,12?,14+,18-/m1/s1. The summed E-state index contributed by atoms with van der Waals surface area (Å²) in [6.45, 7) is 14.0. The molecular formula is C20H32N8O5Si. The van der Waals surface area contributed by atoms with E-state index in [4.69, 9.17) is 14.7 Å². The first-order valence-electron chi connectivity index (χ1n) is 11.1. The summed E-state index contributed by atoms with van der Waals surface area (Å²) >= 11 is 0. The highest BCUT2D eigenvalue weighted by Crippen LogP contribution is 2.38. The fourth-order valence-electron chi connectivity index (χ4n) is 3.24. The number of imidazole rings is 1. The number of hydrogen-bond donors (Lipinski definition) is 3. The lowest BCUT2D eigenvalue weighted by atomic mass is 10.1. The lowest BCUT2D eigenvalue weighted by Gasteiger charge is -2.37. The number of carbonyl (C=O) groups is 1. The molecular weight excluding hydrogens is 460 g/mol. The third kappa shape index (κ3) is 5.00. The molecule has 1 unspecified atom stereocenters. The van der Waals surface area contributed by atoms with E-state index in [1.165, 1.54) is 10.9 Å². The second kappa shape index (κ2) is 9.47. The predicted octanol–water partition coefficient (Wildman–Crippen LogP) is 2.67. The second-order valence-corrected chi connectivity index (χ2v) is 15.0. The molecule has 3 N–H and O–H groups in total. The lowest BCUT2D eigenvalue weighted by Crippen LogP contribution is -2.44. The van der Waals surface area contributed by atoms with E-state index < -0.39 is 38.4 Å². The van der Waals surface area contributed by atoms with Crippen molar-refractivity contribution >= 4 is 31.3 Å². The third-order valence-corrected chi connectivity index (χ3v) is 10.9. The molecule has 1 amide bonds. The van der Waals surface area contributed by atoms with Gasteiger partial charge in [0.25, 0.3) is 5.56 Å². The van der Waals surface area contributed by atoms with E-state index in [0.29, 0.717) is 0 Å². The Kier molecular flexibility index (Phi) is 7.19. The average Bonchev–Trinajstić information content (AvgIpc) is 3.28. The van der Waals surface area contributed by atoms with Crippen LogP contribution in [0.4, 0.5) is 5.95 Å². The van der Waals surface area contributed by atoms with Crippen molar-refractivity contribution in [1.29, 1.82) is 0 Å². The molecule has 0 radical (unpaired) electrons. The van der Waals surface area contributed by atoms with Crippen LogP contribution in [0, 0.1) is 5.92 Å². The summed E-state index contributed by atoms with van der Waals surface area (Å²) in [4.78, 5) is 38.3. The Hall–Kier alpha value is -2.77. The molecule has 13 nitrogen and oxygen atoms in total. The summed E-state index contributed by atoms with van der Waals surface area (Å²) in [6.07, 6.45) is -1.67. The largest absolute Gasteiger partial charge is 0.414 e. The highest BCUT2D eigenvalue weighted by Gasteiger charge is 2.46. The van der Waals surface area contributed by atoms with Crippen LogP contribution in [0.3, 0.4) is 0 Å². The fraction of sp³-hybridized carbons (Fsp3) is 0.700. The van der Waals surface area contributed by atoms with Gasteiger partial charge >= 0.3 is 0 Å². The van der Waals surface area contributed by atoms with Crippen molar-refractivity contribution < 1.29 is 19.1 Å². The Balaban J connectivity index is 1.93. The molecule has 4 atom stereocenters. The van der Waals surface area contributed by atoms with Gasteiger partial charge in [0.05, 0.1) is 25.1 Å². The number of anilines is 1. The molecule has 14 heteroatoms. The minimum Gasteiger partial charge on any atom is -0.414 e. The van der Waals surface area contributed by atoms with Crippen molar-refractivity contribution in [3.63, 3.8) is 0 Å². The maximum absolute atomic E-state index is 12.5. The van der Waals surface area contributed by atoms with E-state index in [1.807, 2.05) is 0 Å². The van der Waals surface area contributed by atoms with E-state index in [-0.39, 0.29) is 40.6 Å². The van der Waals surface area contributed by atoms with Gasteiger partial charge in [-0.15, -0.1) is 0 Å². The Morgan fingerprint density at radius 3 is 2.74 bits per heavy atom. The number of aromatic amines is 1. The van der Waals surface area contributed by atoms with Crippen LogP contribution in [0.5, 0.6) is 0 Å². The molecule has 3 rings (SSSR count). The van der Waals surface area contributed by atoms with Crippen molar-refractivity contribution in [3.8, 4) is 0 Å². The second-order valence-electron chi connectivity index (χ2n) is 10.2. The minimum atomic E-state index is -2.13. The summed E-state index contributed by atoms with van der Waals surface area (Å²) in [5.74, 6) is -0.691. The van der Waals surface area contributed by atoms with Crippen LogP contribution in [0.25, 0.3) is 21.6 Å². The molecule has 0 saturated carbocycles. The van der Waals surface area contributed by atoms with Gasteiger partial charge in [-0.05, 0) is 23.7 Å². The monoisotopic (exact) mass is 492 g/mol. The topological polar surface area (TPSA) is 180 Å². The van der Waals surface area contributed by atoms with Crippen LogP contribution < -0.4 is 10.9 Å². The van der Waals surface area contributed by atoms with Crippen molar-refractivity contribution in [1.82, 2.24) is 19.5 Å². The number of aliphatic hydroxyl groups excluding tert-OH is 1. The van der Waals surface area contributed by atoms with Gasteiger partial charge in [0.15, 0.2) is 25.7 Å². The zero-order valence-corrected chi connectivity index (χ0v) is 21.4. The number of rotatable bonds is 7. The number of carbonyl (C=O) groups excluding carboxylic acids is 1. The Labute approximate surface area is 197 Å². The number of fused-ring (bicyclic) bond motifs is 1. The highest BCUT2D eigenvalue weighted by molar-refractivity contribution is 6.74. The Bertz CT molecular complexity index is 1160. The zero-order chi connectivity index (χ0) is 25.4. The van der Waals surface area contributed by atoms with Gasteiger partial charge < -0.3 is 14.3 Å². The minimum absolute atomic E-state index is 0.0136. The number of ether oxygens (including phenoxy) is 1. The van der Waals surface area contributed by atoms with Gasteiger partial charge in [0.1, 0.15) is 6.10 Å². The van der Waals surface area contributed by atoms with E-state index in [9.17, 15) is 14.7 Å². The molecule has 1 saturated heterocycles. The van der Waals surface area contributed by atoms with Gasteiger partial charge in [-0.1, -0.05) is 39.7 Å². The molecule has 1 fully saturated rings. The summed E-state index contributed by atoms with van der Waals surface area (Å²) in [5, 5.41) is 17.2. The number of H-pyrrole nitrogens is 1. The first kappa shape index (κ1) is 25.8. The summed E-state index contributed by atoms with van der Waals surface area (Å²) in [7, 11) is -2.13. The molecule has 186 valence electrons. The van der Waals surface area contributed by atoms with Gasteiger partial charge in [0.2, 0.25) is 11.9 Å². The van der Waals surface area contributed by atoms with Crippen LogP contribution in [0.15, 0.2) is 16.2 Å². The fourth-order valence-corrected chi connectivity index (χ4v) is 4.25. The zero-order valence-electron chi connectivity index (χ0n) is 20.4. The van der Waals surface area contributed by atoms with Crippen molar-refractivity contribution in [3.05, 3.63) is 27.1 Å². The SMILES string of the molecule is CC(C)C(=O)Nc1nc2c(ncn2[C@@H]2O[C@H](CO[Si](C)(C)C(C)(C)C)C(N=[N+]=[N-])[C@@H]2O)c(=O)[nH]1. The van der Waals surface area contributed by atoms with Crippen LogP contribution in [0.2, 0.25) is 18.1 Å². The highest BCUT2D eigenvalue weighted by atomic mass is 28.4. The van der Waals surface area contributed by atoms with Crippen molar-refractivity contribution in [2.45, 2.75) is 77.2 Å². The number of aromatic nitrogens is 4. The van der Waals surface area contributed by atoms with Crippen LogP contribution in [0.1, 0.15) is 40.8 Å². The number of azide groups is 1. The lowest BCUT2D eigenvalue weighted by molar-refractivity contribution is -0.118. The number of amides is 1. The third-order valence-electron chi connectivity index (χ3n) is 6.41. The van der Waals surface area contributed by atoms with E-state index >= 15 is 0 Å². The van der Waals surface area contributed by atoms with Gasteiger partial charge in [-0.3, -0.25) is 24.5 Å². The molecule has 1 aliphatic rings. The maximum atomic E-state index is 12.5. The Morgan fingerprint density at radius 1 is 1.47 bits per heavy atom. The summed E-state index contributed by atoms with van der Waals surface area (Å²) in [5.41, 5.74) is 8.62.